The highest BCUT2D eigenvalue weighted by atomic mass is 16.5. The van der Waals surface area contributed by atoms with Gasteiger partial charge in [0.05, 0.1) is 6.10 Å². The van der Waals surface area contributed by atoms with Gasteiger partial charge in [0.15, 0.2) is 0 Å². The molecule has 0 spiro atoms. The minimum atomic E-state index is 0.289. The maximum absolute atomic E-state index is 6.06. The fourth-order valence-corrected chi connectivity index (χ4v) is 2.48. The molecule has 0 bridgehead atoms. The first kappa shape index (κ1) is 9.44. The van der Waals surface area contributed by atoms with Crippen LogP contribution in [0.5, 0.6) is 0 Å². The van der Waals surface area contributed by atoms with Crippen LogP contribution >= 0.6 is 0 Å². The van der Waals surface area contributed by atoms with E-state index in [-0.39, 0.29) is 6.04 Å². The first-order valence-electron chi connectivity index (χ1n) is 5.46. The third kappa shape index (κ3) is 2.22. The zero-order chi connectivity index (χ0) is 9.10. The summed E-state index contributed by atoms with van der Waals surface area (Å²) in [5.41, 5.74) is 6.06. The monoisotopic (exact) mass is 184 g/mol. The number of rotatable bonds is 1. The topological polar surface area (TPSA) is 47.3 Å². The van der Waals surface area contributed by atoms with Gasteiger partial charge in [-0.2, -0.15) is 0 Å². The number of nitrogens with two attached hydrogens (primary N) is 1. The van der Waals surface area contributed by atoms with Crippen molar-refractivity contribution in [1.29, 1.82) is 0 Å². The number of nitrogens with one attached hydrogen (secondary N) is 1. The predicted molar refractivity (Wildman–Crippen MR) is 52.5 cm³/mol. The Morgan fingerprint density at radius 3 is 2.62 bits per heavy atom. The van der Waals surface area contributed by atoms with Crippen molar-refractivity contribution < 1.29 is 4.74 Å². The lowest BCUT2D eigenvalue weighted by Gasteiger charge is -2.37. The van der Waals surface area contributed by atoms with Gasteiger partial charge in [-0.3, -0.25) is 0 Å². The van der Waals surface area contributed by atoms with E-state index < -0.39 is 0 Å². The number of ether oxygens (including phenoxy) is 1. The second-order valence-electron chi connectivity index (χ2n) is 4.23. The van der Waals surface area contributed by atoms with Crippen molar-refractivity contribution in [2.45, 2.75) is 37.8 Å². The molecule has 2 heterocycles. The summed E-state index contributed by atoms with van der Waals surface area (Å²) in [5.74, 6) is 0.705. The van der Waals surface area contributed by atoms with Gasteiger partial charge in [0.25, 0.3) is 0 Å². The van der Waals surface area contributed by atoms with Crippen LogP contribution in [0.25, 0.3) is 0 Å². The van der Waals surface area contributed by atoms with Gasteiger partial charge in [0.1, 0.15) is 0 Å². The lowest BCUT2D eigenvalue weighted by molar-refractivity contribution is -0.0414. The molecule has 3 N–H and O–H groups in total. The molecule has 0 aromatic rings. The second-order valence-corrected chi connectivity index (χ2v) is 4.23. The highest BCUT2D eigenvalue weighted by Crippen LogP contribution is 2.25. The SMILES string of the molecule is N[C@@H]1CCCO[C@H]1C1CCNCC1. The molecular formula is C10H20N2O. The lowest BCUT2D eigenvalue weighted by atomic mass is 9.85. The summed E-state index contributed by atoms with van der Waals surface area (Å²) in [6.45, 7) is 3.19. The number of hydrogen-bond donors (Lipinski definition) is 2. The Kier molecular flexibility index (Phi) is 3.19. The largest absolute Gasteiger partial charge is 0.376 e. The molecule has 3 nitrogen and oxygen atoms in total. The summed E-state index contributed by atoms with van der Waals surface area (Å²) in [6, 6.07) is 0.289. The zero-order valence-electron chi connectivity index (χ0n) is 8.17. The van der Waals surface area contributed by atoms with Crippen molar-refractivity contribution in [2.75, 3.05) is 19.7 Å². The van der Waals surface area contributed by atoms with Crippen LogP contribution in [0, 0.1) is 5.92 Å². The predicted octanol–water partition coefficient (Wildman–Crippen LogP) is 0.492. The molecule has 0 saturated carbocycles. The zero-order valence-corrected chi connectivity index (χ0v) is 8.17. The van der Waals surface area contributed by atoms with Crippen LogP contribution in [0.15, 0.2) is 0 Å². The Morgan fingerprint density at radius 1 is 1.15 bits per heavy atom. The van der Waals surface area contributed by atoms with E-state index in [0.29, 0.717) is 12.0 Å². The van der Waals surface area contributed by atoms with E-state index in [1.165, 1.54) is 12.8 Å². The second kappa shape index (κ2) is 4.40. The van der Waals surface area contributed by atoms with E-state index in [1.54, 1.807) is 0 Å². The van der Waals surface area contributed by atoms with E-state index >= 15 is 0 Å². The normalized spacial score (nSPS) is 37.6. The van der Waals surface area contributed by atoms with Gasteiger partial charge in [-0.1, -0.05) is 0 Å². The summed E-state index contributed by atoms with van der Waals surface area (Å²) in [4.78, 5) is 0. The van der Waals surface area contributed by atoms with Crippen molar-refractivity contribution in [1.82, 2.24) is 5.32 Å². The third-order valence-electron chi connectivity index (χ3n) is 3.26. The molecule has 2 rings (SSSR count). The van der Waals surface area contributed by atoms with Crippen LogP contribution in [-0.2, 0) is 4.74 Å². The molecule has 2 aliphatic heterocycles. The highest BCUT2D eigenvalue weighted by Gasteiger charge is 2.31. The van der Waals surface area contributed by atoms with Crippen LogP contribution in [0.4, 0.5) is 0 Å². The van der Waals surface area contributed by atoms with Gasteiger partial charge in [-0.15, -0.1) is 0 Å². The molecule has 2 aliphatic rings. The minimum absolute atomic E-state index is 0.289. The fourth-order valence-electron chi connectivity index (χ4n) is 2.48. The van der Waals surface area contributed by atoms with Gasteiger partial charge in [0.2, 0.25) is 0 Å². The molecule has 2 saturated heterocycles. The molecule has 0 amide bonds. The Bertz CT molecular complexity index is 157. The molecule has 0 aromatic carbocycles. The molecule has 3 heteroatoms. The molecule has 13 heavy (non-hydrogen) atoms. The molecule has 0 aromatic heterocycles. The summed E-state index contributed by atoms with van der Waals surface area (Å²) in [7, 11) is 0. The minimum Gasteiger partial charge on any atom is -0.376 e. The van der Waals surface area contributed by atoms with E-state index in [4.69, 9.17) is 10.5 Å². The van der Waals surface area contributed by atoms with Gasteiger partial charge >= 0.3 is 0 Å². The standard InChI is InChI=1S/C10H20N2O/c11-9-2-1-7-13-10(9)8-3-5-12-6-4-8/h8-10,12H,1-7,11H2/t9-,10+/m1/s1. The summed E-state index contributed by atoms with van der Waals surface area (Å²) in [5, 5.41) is 3.37. The highest BCUT2D eigenvalue weighted by molar-refractivity contribution is 4.85. The summed E-state index contributed by atoms with van der Waals surface area (Å²) in [6.07, 6.45) is 5.10. The van der Waals surface area contributed by atoms with Gasteiger partial charge in [-0.05, 0) is 44.7 Å². The third-order valence-corrected chi connectivity index (χ3v) is 3.26. The molecule has 2 atom stereocenters. The lowest BCUT2D eigenvalue weighted by Crippen LogP contribution is -2.48. The van der Waals surface area contributed by atoms with Crippen LogP contribution < -0.4 is 11.1 Å². The van der Waals surface area contributed by atoms with E-state index in [1.807, 2.05) is 0 Å². The first-order valence-corrected chi connectivity index (χ1v) is 5.46. The van der Waals surface area contributed by atoms with Crippen LogP contribution in [0.2, 0.25) is 0 Å². The molecule has 2 fully saturated rings. The number of hydrogen-bond acceptors (Lipinski definition) is 3. The maximum atomic E-state index is 6.06. The van der Waals surface area contributed by atoms with E-state index in [0.717, 1.165) is 32.5 Å². The van der Waals surface area contributed by atoms with Crippen molar-refractivity contribution in [2.24, 2.45) is 11.7 Å². The Labute approximate surface area is 80.0 Å². The molecule has 0 radical (unpaired) electrons. The van der Waals surface area contributed by atoms with Crippen LogP contribution in [-0.4, -0.2) is 31.8 Å². The Morgan fingerprint density at radius 2 is 1.92 bits per heavy atom. The summed E-state index contributed by atoms with van der Waals surface area (Å²) >= 11 is 0. The van der Waals surface area contributed by atoms with Crippen molar-refractivity contribution in [3.05, 3.63) is 0 Å². The smallest absolute Gasteiger partial charge is 0.0754 e. The quantitative estimate of drug-likeness (QED) is 0.623. The summed E-state index contributed by atoms with van der Waals surface area (Å²) < 4.78 is 5.78. The van der Waals surface area contributed by atoms with Crippen LogP contribution in [0.3, 0.4) is 0 Å². The Hall–Kier alpha value is -0.120. The number of piperidine rings is 1. The van der Waals surface area contributed by atoms with Gasteiger partial charge in [-0.25, -0.2) is 0 Å². The first-order chi connectivity index (χ1) is 6.38. The maximum Gasteiger partial charge on any atom is 0.0754 e. The Balaban J connectivity index is 1.88. The van der Waals surface area contributed by atoms with Crippen molar-refractivity contribution >= 4 is 0 Å². The average molecular weight is 184 g/mol. The molecule has 0 unspecified atom stereocenters. The van der Waals surface area contributed by atoms with Crippen LogP contribution in [0.1, 0.15) is 25.7 Å². The van der Waals surface area contributed by atoms with Crippen molar-refractivity contribution in [3.8, 4) is 0 Å². The van der Waals surface area contributed by atoms with Gasteiger partial charge < -0.3 is 15.8 Å². The van der Waals surface area contributed by atoms with Gasteiger partial charge in [0, 0.05) is 12.6 Å². The van der Waals surface area contributed by atoms with Crippen molar-refractivity contribution in [3.63, 3.8) is 0 Å². The van der Waals surface area contributed by atoms with E-state index in [2.05, 4.69) is 5.32 Å². The molecule has 0 aliphatic carbocycles. The fraction of sp³-hybridized carbons (Fsp3) is 1.00. The molecular weight excluding hydrogens is 164 g/mol. The molecule has 76 valence electrons. The average Bonchev–Trinajstić information content (AvgIpc) is 2.20. The van der Waals surface area contributed by atoms with E-state index in [9.17, 15) is 0 Å².